The number of benzene rings is 1. The van der Waals surface area contributed by atoms with Gasteiger partial charge in [-0.15, -0.1) is 11.3 Å². The molecule has 1 N–H and O–H groups in total. The van der Waals surface area contributed by atoms with Gasteiger partial charge in [0.25, 0.3) is 0 Å². The maximum Gasteiger partial charge on any atom is 0.417 e. The summed E-state index contributed by atoms with van der Waals surface area (Å²) in [5, 5.41) is 3.74. The summed E-state index contributed by atoms with van der Waals surface area (Å²) in [5.41, 5.74) is -0.787. The second kappa shape index (κ2) is 11.5. The van der Waals surface area contributed by atoms with Crippen molar-refractivity contribution in [3.63, 3.8) is 0 Å². The molecular weight excluding hydrogens is 561 g/mol. The molecule has 3 aromatic rings. The molecule has 41 heavy (non-hydrogen) atoms. The zero-order valence-corrected chi connectivity index (χ0v) is 24.2. The molecule has 2 aliphatic heterocycles. The van der Waals surface area contributed by atoms with E-state index in [1.165, 1.54) is 13.2 Å². The van der Waals surface area contributed by atoms with Crippen LogP contribution in [0.5, 0.6) is 5.88 Å². The second-order valence-electron chi connectivity index (χ2n) is 10.9. The fraction of sp³-hybridized carbons (Fsp3) is 0.556. The van der Waals surface area contributed by atoms with Gasteiger partial charge in [-0.3, -0.25) is 0 Å². The van der Waals surface area contributed by atoms with E-state index in [2.05, 4.69) is 15.3 Å². The number of nitrogens with zero attached hydrogens (tertiary/aromatic N) is 5. The lowest BCUT2D eigenvalue weighted by Crippen LogP contribution is -2.47. The van der Waals surface area contributed by atoms with E-state index < -0.39 is 23.4 Å². The number of aromatic nitrogens is 3. The number of morpholine rings is 1. The first-order valence-electron chi connectivity index (χ1n) is 13.4. The Morgan fingerprint density at radius 2 is 1.88 bits per heavy atom. The van der Waals surface area contributed by atoms with Gasteiger partial charge in [0.15, 0.2) is 0 Å². The number of fused-ring (bicyclic) bond motifs is 1. The van der Waals surface area contributed by atoms with Crippen molar-refractivity contribution in [3.8, 4) is 16.5 Å². The lowest BCUT2D eigenvalue weighted by atomic mass is 10.1. The van der Waals surface area contributed by atoms with E-state index in [0.717, 1.165) is 30.2 Å². The standard InChI is InChI=1S/C27H33F3N6O4S/c1-26(2,3)40-25(37)36-10-6-7-16(15-36)31-21-19(22(38-4)34-24(33-21)35-11-13-39-14-12-35)23-32-18-9-5-8-17(20(18)41-23)27(28,29)30/h5,8-9,16H,6-7,10-15H2,1-4H3,(H,31,33,34)/t16-/m1/s1. The summed E-state index contributed by atoms with van der Waals surface area (Å²) in [6, 6.07) is 3.74. The number of methoxy groups -OCH3 is 1. The molecule has 1 atom stereocenters. The van der Waals surface area contributed by atoms with Gasteiger partial charge in [-0.25, -0.2) is 9.78 Å². The molecule has 1 amide bonds. The molecule has 4 heterocycles. The van der Waals surface area contributed by atoms with Crippen LogP contribution in [0, 0.1) is 0 Å². The molecule has 2 fully saturated rings. The molecule has 0 spiro atoms. The van der Waals surface area contributed by atoms with Gasteiger partial charge >= 0.3 is 12.3 Å². The zero-order valence-electron chi connectivity index (χ0n) is 23.4. The van der Waals surface area contributed by atoms with Crippen LogP contribution in [-0.4, -0.2) is 84.1 Å². The van der Waals surface area contributed by atoms with Crippen LogP contribution < -0.4 is 15.0 Å². The first kappa shape index (κ1) is 29.1. The van der Waals surface area contributed by atoms with Crippen molar-refractivity contribution < 1.29 is 32.2 Å². The molecule has 0 radical (unpaired) electrons. The number of halogens is 3. The minimum atomic E-state index is -4.53. The lowest BCUT2D eigenvalue weighted by molar-refractivity contribution is -0.136. The number of carbonyl (C=O) groups excluding carboxylic acids is 1. The maximum absolute atomic E-state index is 13.8. The van der Waals surface area contributed by atoms with Crippen LogP contribution in [0.3, 0.4) is 0 Å². The van der Waals surface area contributed by atoms with Gasteiger partial charge in [0.05, 0.1) is 36.1 Å². The number of piperidine rings is 1. The normalized spacial score (nSPS) is 18.5. The summed E-state index contributed by atoms with van der Waals surface area (Å²) in [6.07, 6.45) is -3.45. The molecule has 2 aromatic heterocycles. The van der Waals surface area contributed by atoms with E-state index in [1.54, 1.807) is 11.0 Å². The largest absolute Gasteiger partial charge is 0.480 e. The molecule has 2 saturated heterocycles. The Hall–Kier alpha value is -3.39. The molecule has 222 valence electrons. The fourth-order valence-electron chi connectivity index (χ4n) is 4.84. The number of nitrogens with one attached hydrogen (secondary N) is 1. The number of hydrogen-bond donors (Lipinski definition) is 1. The Labute approximate surface area is 239 Å². The minimum Gasteiger partial charge on any atom is -0.480 e. The Kier molecular flexibility index (Phi) is 8.15. The summed E-state index contributed by atoms with van der Waals surface area (Å²) in [4.78, 5) is 30.4. The van der Waals surface area contributed by atoms with Crippen molar-refractivity contribution in [1.29, 1.82) is 0 Å². The third-order valence-electron chi connectivity index (χ3n) is 6.70. The predicted molar refractivity (Wildman–Crippen MR) is 150 cm³/mol. The van der Waals surface area contributed by atoms with Crippen molar-refractivity contribution in [1.82, 2.24) is 19.9 Å². The number of ether oxygens (including phenoxy) is 3. The monoisotopic (exact) mass is 594 g/mol. The van der Waals surface area contributed by atoms with E-state index in [9.17, 15) is 18.0 Å². The smallest absolute Gasteiger partial charge is 0.417 e. The molecule has 0 saturated carbocycles. The minimum absolute atomic E-state index is 0.0222. The first-order chi connectivity index (χ1) is 19.4. The number of rotatable bonds is 5. The first-order valence-corrected chi connectivity index (χ1v) is 14.2. The van der Waals surface area contributed by atoms with Gasteiger partial charge in [-0.2, -0.15) is 23.1 Å². The van der Waals surface area contributed by atoms with E-state index in [-0.39, 0.29) is 22.1 Å². The SMILES string of the molecule is COc1nc(N2CCOCC2)nc(N[C@@H]2CCCN(C(=O)OC(C)(C)C)C2)c1-c1nc2cccc(C(F)(F)F)c2s1. The molecule has 0 unspecified atom stereocenters. The van der Waals surface area contributed by atoms with Crippen LogP contribution in [0.2, 0.25) is 0 Å². The molecule has 0 aliphatic carbocycles. The second-order valence-corrected chi connectivity index (χ2v) is 11.9. The Bertz CT molecular complexity index is 1400. The molecule has 1 aromatic carbocycles. The van der Waals surface area contributed by atoms with Gasteiger partial charge in [0.2, 0.25) is 11.8 Å². The van der Waals surface area contributed by atoms with Crippen LogP contribution in [0.15, 0.2) is 18.2 Å². The van der Waals surface area contributed by atoms with E-state index in [1.807, 2.05) is 25.7 Å². The van der Waals surface area contributed by atoms with Crippen molar-refractivity contribution in [2.24, 2.45) is 0 Å². The molecule has 10 nitrogen and oxygen atoms in total. The average Bonchev–Trinajstić information content (AvgIpc) is 3.35. The number of thiazole rings is 1. The Morgan fingerprint density at radius 1 is 1.12 bits per heavy atom. The summed E-state index contributed by atoms with van der Waals surface area (Å²) in [6.45, 7) is 8.57. The highest BCUT2D eigenvalue weighted by Crippen LogP contribution is 2.44. The summed E-state index contributed by atoms with van der Waals surface area (Å²) in [7, 11) is 1.46. The molecule has 2 aliphatic rings. The van der Waals surface area contributed by atoms with Crippen LogP contribution in [0.4, 0.5) is 29.7 Å². The zero-order chi connectivity index (χ0) is 29.4. The summed E-state index contributed by atoms with van der Waals surface area (Å²) in [5.74, 6) is 0.978. The maximum atomic E-state index is 13.8. The van der Waals surface area contributed by atoms with Crippen molar-refractivity contribution in [3.05, 3.63) is 23.8 Å². The molecule has 5 rings (SSSR count). The highest BCUT2D eigenvalue weighted by Gasteiger charge is 2.35. The molecule has 14 heteroatoms. The molecule has 0 bridgehead atoms. The van der Waals surface area contributed by atoms with Gasteiger partial charge in [-0.1, -0.05) is 6.07 Å². The Balaban J connectivity index is 1.55. The van der Waals surface area contributed by atoms with Crippen LogP contribution in [0.1, 0.15) is 39.2 Å². The number of carbonyl (C=O) groups is 1. The van der Waals surface area contributed by atoms with Crippen molar-refractivity contribution >= 4 is 39.4 Å². The van der Waals surface area contributed by atoms with Gasteiger partial charge < -0.3 is 29.3 Å². The topological polar surface area (TPSA) is 102 Å². The van der Waals surface area contributed by atoms with Gasteiger partial charge in [-0.05, 0) is 45.7 Å². The highest BCUT2D eigenvalue weighted by atomic mass is 32.1. The highest BCUT2D eigenvalue weighted by molar-refractivity contribution is 7.22. The molecular formula is C27H33F3N6O4S. The summed E-state index contributed by atoms with van der Waals surface area (Å²) < 4.78 is 58.1. The van der Waals surface area contributed by atoms with Crippen LogP contribution in [-0.2, 0) is 15.7 Å². The van der Waals surface area contributed by atoms with Crippen molar-refractivity contribution in [2.45, 2.75) is 51.4 Å². The van der Waals surface area contributed by atoms with E-state index in [0.29, 0.717) is 61.7 Å². The van der Waals surface area contributed by atoms with Crippen LogP contribution >= 0.6 is 11.3 Å². The predicted octanol–water partition coefficient (Wildman–Crippen LogP) is 5.43. The fourth-order valence-corrected chi connectivity index (χ4v) is 5.97. The van der Waals surface area contributed by atoms with Gasteiger partial charge in [0, 0.05) is 32.2 Å². The number of alkyl halides is 3. The van der Waals surface area contributed by atoms with Crippen LogP contribution in [0.25, 0.3) is 20.8 Å². The van der Waals surface area contributed by atoms with E-state index in [4.69, 9.17) is 19.2 Å². The number of amides is 1. The lowest BCUT2D eigenvalue weighted by Gasteiger charge is -2.35. The Morgan fingerprint density at radius 3 is 2.56 bits per heavy atom. The summed E-state index contributed by atoms with van der Waals surface area (Å²) >= 11 is 0.914. The third kappa shape index (κ3) is 6.58. The number of hydrogen-bond acceptors (Lipinski definition) is 10. The van der Waals surface area contributed by atoms with E-state index >= 15 is 0 Å². The number of anilines is 2. The van der Waals surface area contributed by atoms with Crippen molar-refractivity contribution in [2.75, 3.05) is 56.7 Å². The van der Waals surface area contributed by atoms with Gasteiger partial charge in [0.1, 0.15) is 22.0 Å². The quantitative estimate of drug-likeness (QED) is 0.414. The number of likely N-dealkylation sites (tertiary alicyclic amines) is 1. The third-order valence-corrected chi connectivity index (χ3v) is 7.82. The average molecular weight is 595 g/mol.